The maximum atomic E-state index is 13.6. The highest BCUT2D eigenvalue weighted by atomic mass is 19.1. The van der Waals surface area contributed by atoms with Crippen molar-refractivity contribution in [3.8, 4) is 5.75 Å². The molecule has 4 atom stereocenters. The summed E-state index contributed by atoms with van der Waals surface area (Å²) in [6.45, 7) is 1.88. The predicted molar refractivity (Wildman–Crippen MR) is 78.5 cm³/mol. The van der Waals surface area contributed by atoms with Gasteiger partial charge in [0.1, 0.15) is 0 Å². The molecule has 3 nitrogen and oxygen atoms in total. The van der Waals surface area contributed by atoms with Crippen molar-refractivity contribution >= 4 is 5.91 Å². The minimum Gasteiger partial charge on any atom is -0.478 e. The van der Waals surface area contributed by atoms with Crippen LogP contribution in [-0.2, 0) is 4.79 Å². The second-order valence-corrected chi connectivity index (χ2v) is 6.24. The monoisotopic (exact) mass is 291 g/mol. The van der Waals surface area contributed by atoms with Crippen molar-refractivity contribution < 1.29 is 13.9 Å². The van der Waals surface area contributed by atoms with Gasteiger partial charge in [0.05, 0.1) is 0 Å². The molecule has 1 aromatic rings. The van der Waals surface area contributed by atoms with Crippen molar-refractivity contribution in [3.63, 3.8) is 0 Å². The van der Waals surface area contributed by atoms with Crippen LogP contribution >= 0.6 is 0 Å². The van der Waals surface area contributed by atoms with E-state index in [0.29, 0.717) is 12.3 Å². The van der Waals surface area contributed by atoms with Gasteiger partial charge in [0.2, 0.25) is 0 Å². The SMILES string of the molecule is CC[C@H](Oc1ccccc1F)C(=O)N[C@H]1C[C@@H]2CC[C@@H]1C2. The molecular formula is C17H22FNO2. The first kappa shape index (κ1) is 14.4. The first-order valence-corrected chi connectivity index (χ1v) is 7.89. The molecule has 1 aromatic carbocycles. The lowest BCUT2D eigenvalue weighted by atomic mass is 9.95. The van der Waals surface area contributed by atoms with E-state index in [1.807, 2.05) is 6.92 Å². The van der Waals surface area contributed by atoms with E-state index in [1.54, 1.807) is 18.2 Å². The average Bonchev–Trinajstić information content (AvgIpc) is 3.09. The van der Waals surface area contributed by atoms with Crippen LogP contribution in [0.25, 0.3) is 0 Å². The molecule has 0 unspecified atom stereocenters. The van der Waals surface area contributed by atoms with Crippen LogP contribution in [0.15, 0.2) is 24.3 Å². The molecule has 0 heterocycles. The lowest BCUT2D eigenvalue weighted by molar-refractivity contribution is -0.129. The van der Waals surface area contributed by atoms with Crippen molar-refractivity contribution in [2.75, 3.05) is 0 Å². The highest BCUT2D eigenvalue weighted by Gasteiger charge is 2.40. The highest BCUT2D eigenvalue weighted by Crippen LogP contribution is 2.44. The number of nitrogens with one attached hydrogen (secondary N) is 1. The first-order valence-electron chi connectivity index (χ1n) is 7.89. The Labute approximate surface area is 124 Å². The summed E-state index contributed by atoms with van der Waals surface area (Å²) in [5.74, 6) is 1.02. The summed E-state index contributed by atoms with van der Waals surface area (Å²) in [6.07, 6.45) is 4.77. The van der Waals surface area contributed by atoms with Gasteiger partial charge in [-0.15, -0.1) is 0 Å². The molecule has 2 bridgehead atoms. The molecule has 4 heteroatoms. The van der Waals surface area contributed by atoms with Crippen molar-refractivity contribution in [1.82, 2.24) is 5.32 Å². The number of benzene rings is 1. The summed E-state index contributed by atoms with van der Waals surface area (Å²) in [4.78, 5) is 12.4. The maximum absolute atomic E-state index is 13.6. The largest absolute Gasteiger partial charge is 0.478 e. The van der Waals surface area contributed by atoms with E-state index >= 15 is 0 Å². The highest BCUT2D eigenvalue weighted by molar-refractivity contribution is 5.81. The van der Waals surface area contributed by atoms with E-state index in [0.717, 1.165) is 12.3 Å². The second kappa shape index (κ2) is 6.04. The topological polar surface area (TPSA) is 38.3 Å². The zero-order valence-corrected chi connectivity index (χ0v) is 12.3. The summed E-state index contributed by atoms with van der Waals surface area (Å²) in [5.41, 5.74) is 0. The van der Waals surface area contributed by atoms with E-state index in [2.05, 4.69) is 5.32 Å². The van der Waals surface area contributed by atoms with Crippen LogP contribution in [0.4, 0.5) is 4.39 Å². The number of ether oxygens (including phenoxy) is 1. The van der Waals surface area contributed by atoms with E-state index < -0.39 is 11.9 Å². The summed E-state index contributed by atoms with van der Waals surface area (Å²) >= 11 is 0. The quantitative estimate of drug-likeness (QED) is 0.904. The van der Waals surface area contributed by atoms with E-state index in [9.17, 15) is 9.18 Å². The summed E-state index contributed by atoms with van der Waals surface area (Å²) < 4.78 is 19.2. The van der Waals surface area contributed by atoms with Gasteiger partial charge in [0.25, 0.3) is 5.91 Å². The van der Waals surface area contributed by atoms with Crippen LogP contribution in [0.1, 0.15) is 39.0 Å². The Balaban J connectivity index is 1.60. The second-order valence-electron chi connectivity index (χ2n) is 6.24. The van der Waals surface area contributed by atoms with Gasteiger partial charge in [-0.1, -0.05) is 25.5 Å². The molecule has 2 fully saturated rings. The normalized spacial score (nSPS) is 28.4. The molecule has 2 aliphatic carbocycles. The maximum Gasteiger partial charge on any atom is 0.261 e. The molecule has 2 saturated carbocycles. The number of para-hydroxylation sites is 1. The fourth-order valence-electron chi connectivity index (χ4n) is 3.71. The number of fused-ring (bicyclic) bond motifs is 2. The molecule has 0 aliphatic heterocycles. The lowest BCUT2D eigenvalue weighted by Gasteiger charge is -2.25. The van der Waals surface area contributed by atoms with Crippen LogP contribution in [0, 0.1) is 17.7 Å². The van der Waals surface area contributed by atoms with Crippen molar-refractivity contribution in [2.45, 2.75) is 51.2 Å². The molecule has 0 aromatic heterocycles. The Hall–Kier alpha value is -1.58. The summed E-state index contributed by atoms with van der Waals surface area (Å²) in [7, 11) is 0. The molecule has 1 amide bonds. The molecule has 0 saturated heterocycles. The standard InChI is InChI=1S/C17H22FNO2/c1-2-15(21-16-6-4-3-5-13(16)18)17(20)19-14-10-11-7-8-12(14)9-11/h3-6,11-12,14-15H,2,7-10H2,1H3,(H,19,20)/t11-,12-,14+,15+/m1/s1. The molecule has 2 aliphatic rings. The fraction of sp³-hybridized carbons (Fsp3) is 0.588. The van der Waals surface area contributed by atoms with E-state index in [-0.39, 0.29) is 17.7 Å². The molecule has 0 spiro atoms. The number of halogens is 1. The van der Waals surface area contributed by atoms with Crippen molar-refractivity contribution in [2.24, 2.45) is 11.8 Å². The van der Waals surface area contributed by atoms with Gasteiger partial charge in [-0.3, -0.25) is 4.79 Å². The minimum absolute atomic E-state index is 0.113. The number of hydrogen-bond acceptors (Lipinski definition) is 2. The van der Waals surface area contributed by atoms with Gasteiger partial charge < -0.3 is 10.1 Å². The lowest BCUT2D eigenvalue weighted by Crippen LogP contribution is -2.45. The average molecular weight is 291 g/mol. The zero-order valence-electron chi connectivity index (χ0n) is 12.3. The van der Waals surface area contributed by atoms with Crippen molar-refractivity contribution in [3.05, 3.63) is 30.1 Å². The van der Waals surface area contributed by atoms with Gasteiger partial charge in [-0.25, -0.2) is 4.39 Å². The zero-order chi connectivity index (χ0) is 14.8. The number of amides is 1. The van der Waals surface area contributed by atoms with Crippen molar-refractivity contribution in [1.29, 1.82) is 0 Å². The Morgan fingerprint density at radius 1 is 1.38 bits per heavy atom. The third-order valence-electron chi connectivity index (χ3n) is 4.83. The number of carbonyl (C=O) groups excluding carboxylic acids is 1. The predicted octanol–water partition coefficient (Wildman–Crippen LogP) is 3.29. The van der Waals surface area contributed by atoms with Crippen LogP contribution in [-0.4, -0.2) is 18.1 Å². The molecule has 3 rings (SSSR count). The Morgan fingerprint density at radius 3 is 2.81 bits per heavy atom. The van der Waals surface area contributed by atoms with Crippen LogP contribution in [0.2, 0.25) is 0 Å². The van der Waals surface area contributed by atoms with Gasteiger partial charge in [0, 0.05) is 6.04 Å². The fourth-order valence-corrected chi connectivity index (χ4v) is 3.71. The van der Waals surface area contributed by atoms with E-state index in [1.165, 1.54) is 25.3 Å². The van der Waals surface area contributed by atoms with Crippen LogP contribution in [0.5, 0.6) is 5.75 Å². The summed E-state index contributed by atoms with van der Waals surface area (Å²) in [6, 6.07) is 6.50. The smallest absolute Gasteiger partial charge is 0.261 e. The first-order chi connectivity index (χ1) is 10.2. The molecule has 21 heavy (non-hydrogen) atoms. The molecular weight excluding hydrogens is 269 g/mol. The van der Waals surface area contributed by atoms with Crippen LogP contribution < -0.4 is 10.1 Å². The third kappa shape index (κ3) is 3.04. The Kier molecular flexibility index (Phi) is 4.13. The third-order valence-corrected chi connectivity index (χ3v) is 4.83. The molecule has 114 valence electrons. The number of carbonyl (C=O) groups is 1. The van der Waals surface area contributed by atoms with Gasteiger partial charge >= 0.3 is 0 Å². The van der Waals surface area contributed by atoms with Gasteiger partial charge in [-0.2, -0.15) is 0 Å². The summed E-state index contributed by atoms with van der Waals surface area (Å²) in [5, 5.41) is 3.11. The number of rotatable bonds is 5. The Morgan fingerprint density at radius 2 is 2.19 bits per heavy atom. The van der Waals surface area contributed by atoms with Gasteiger partial charge in [-0.05, 0) is 49.7 Å². The number of hydrogen-bond donors (Lipinski definition) is 1. The minimum atomic E-state index is -0.624. The molecule has 0 radical (unpaired) electrons. The van der Waals surface area contributed by atoms with E-state index in [4.69, 9.17) is 4.74 Å². The Bertz CT molecular complexity index is 519. The van der Waals surface area contributed by atoms with Gasteiger partial charge in [0.15, 0.2) is 17.7 Å². The molecule has 1 N–H and O–H groups in total. The van der Waals surface area contributed by atoms with Crippen LogP contribution in [0.3, 0.4) is 0 Å².